The molecule has 0 aliphatic carbocycles. The lowest BCUT2D eigenvalue weighted by Gasteiger charge is -2.09. The Kier molecular flexibility index (Phi) is 4.19. The fraction of sp³-hybridized carbons (Fsp3) is 0.400. The molecule has 1 aromatic heterocycles. The number of thiophene rings is 1. The van der Waals surface area contributed by atoms with Crippen LogP contribution in [0, 0.1) is 11.7 Å². The second kappa shape index (κ2) is 6.09. The lowest BCUT2D eigenvalue weighted by molar-refractivity contribution is 0.0675. The molecule has 0 bridgehead atoms. The average molecular weight is 310 g/mol. The molecule has 0 radical (unpaired) electrons. The second-order valence-corrected chi connectivity index (χ2v) is 6.12. The molecule has 1 aliphatic heterocycles. The minimum Gasteiger partial charge on any atom is -0.477 e. The Bertz CT molecular complexity index is 661. The molecule has 1 atom stereocenters. The number of carboxylic acids is 1. The molecule has 4 nitrogen and oxygen atoms in total. The first kappa shape index (κ1) is 14.4. The molecule has 1 aliphatic rings. The Morgan fingerprint density at radius 3 is 3.10 bits per heavy atom. The van der Waals surface area contributed by atoms with E-state index in [1.165, 1.54) is 6.07 Å². The van der Waals surface area contributed by atoms with Gasteiger partial charge in [0, 0.05) is 28.2 Å². The van der Waals surface area contributed by atoms with E-state index in [4.69, 9.17) is 9.47 Å². The lowest BCUT2D eigenvalue weighted by Crippen LogP contribution is -2.10. The molecule has 21 heavy (non-hydrogen) atoms. The SMILES string of the molecule is O=C(O)c1sc2cccc(F)c2c1COCC1CCOC1. The van der Waals surface area contributed by atoms with Crippen LogP contribution >= 0.6 is 11.3 Å². The van der Waals surface area contributed by atoms with Crippen molar-refractivity contribution >= 4 is 27.4 Å². The number of carbonyl (C=O) groups is 1. The number of benzene rings is 1. The van der Waals surface area contributed by atoms with Crippen LogP contribution in [0.3, 0.4) is 0 Å². The van der Waals surface area contributed by atoms with Crippen LogP contribution < -0.4 is 0 Å². The fourth-order valence-corrected chi connectivity index (χ4v) is 3.58. The molecular weight excluding hydrogens is 295 g/mol. The number of aromatic carboxylic acids is 1. The van der Waals surface area contributed by atoms with Gasteiger partial charge in [-0.2, -0.15) is 0 Å². The van der Waals surface area contributed by atoms with Gasteiger partial charge >= 0.3 is 5.97 Å². The Balaban J connectivity index is 1.84. The van der Waals surface area contributed by atoms with Gasteiger partial charge in [-0.15, -0.1) is 11.3 Å². The third-order valence-electron chi connectivity index (χ3n) is 3.58. The average Bonchev–Trinajstić information content (AvgIpc) is 3.07. The minimum absolute atomic E-state index is 0.110. The van der Waals surface area contributed by atoms with Crippen LogP contribution in [-0.2, 0) is 16.1 Å². The van der Waals surface area contributed by atoms with Gasteiger partial charge in [0.1, 0.15) is 10.7 Å². The number of fused-ring (bicyclic) bond motifs is 1. The summed E-state index contributed by atoms with van der Waals surface area (Å²) < 4.78 is 25.5. The van der Waals surface area contributed by atoms with Crippen molar-refractivity contribution in [1.29, 1.82) is 0 Å². The molecule has 0 saturated carbocycles. The number of halogens is 1. The van der Waals surface area contributed by atoms with Crippen LogP contribution in [0.2, 0.25) is 0 Å². The van der Waals surface area contributed by atoms with Crippen molar-refractivity contribution in [3.05, 3.63) is 34.5 Å². The number of ether oxygens (including phenoxy) is 2. The number of hydrogen-bond donors (Lipinski definition) is 1. The van der Waals surface area contributed by atoms with E-state index in [1.54, 1.807) is 12.1 Å². The summed E-state index contributed by atoms with van der Waals surface area (Å²) in [7, 11) is 0. The summed E-state index contributed by atoms with van der Waals surface area (Å²) in [5, 5.41) is 9.64. The third kappa shape index (κ3) is 2.92. The van der Waals surface area contributed by atoms with Crippen molar-refractivity contribution in [3.63, 3.8) is 0 Å². The maximum absolute atomic E-state index is 14.0. The fourth-order valence-electron chi connectivity index (χ4n) is 2.52. The van der Waals surface area contributed by atoms with E-state index in [0.29, 0.717) is 34.8 Å². The van der Waals surface area contributed by atoms with Gasteiger partial charge in [0.15, 0.2) is 0 Å². The highest BCUT2D eigenvalue weighted by Crippen LogP contribution is 2.34. The van der Waals surface area contributed by atoms with Crippen LogP contribution in [0.15, 0.2) is 18.2 Å². The first-order chi connectivity index (χ1) is 10.2. The van der Waals surface area contributed by atoms with Crippen LogP contribution in [0.5, 0.6) is 0 Å². The Labute approximate surface area is 125 Å². The van der Waals surface area contributed by atoms with Crippen molar-refractivity contribution < 1.29 is 23.8 Å². The van der Waals surface area contributed by atoms with Crippen LogP contribution in [0.4, 0.5) is 4.39 Å². The highest BCUT2D eigenvalue weighted by molar-refractivity contribution is 7.21. The van der Waals surface area contributed by atoms with Gasteiger partial charge in [-0.1, -0.05) is 6.07 Å². The van der Waals surface area contributed by atoms with Gasteiger partial charge in [0.25, 0.3) is 0 Å². The van der Waals surface area contributed by atoms with Crippen LogP contribution in [0.1, 0.15) is 21.7 Å². The third-order valence-corrected chi connectivity index (χ3v) is 4.77. The van der Waals surface area contributed by atoms with Gasteiger partial charge in [0.2, 0.25) is 0 Å². The Hall–Kier alpha value is -1.50. The summed E-state index contributed by atoms with van der Waals surface area (Å²) in [5.41, 5.74) is 0.430. The van der Waals surface area contributed by atoms with Gasteiger partial charge in [-0.3, -0.25) is 0 Å². The molecular formula is C15H15FO4S. The second-order valence-electron chi connectivity index (χ2n) is 5.07. The van der Waals surface area contributed by atoms with Crippen molar-refractivity contribution in [1.82, 2.24) is 0 Å². The van der Waals surface area contributed by atoms with Gasteiger partial charge < -0.3 is 14.6 Å². The molecule has 2 aromatic rings. The summed E-state index contributed by atoms with van der Waals surface area (Å²) >= 11 is 1.08. The van der Waals surface area contributed by atoms with E-state index in [1.807, 2.05) is 0 Å². The number of hydrogen-bond acceptors (Lipinski definition) is 4. The zero-order valence-corrected chi connectivity index (χ0v) is 12.1. The first-order valence-electron chi connectivity index (χ1n) is 6.75. The molecule has 0 spiro atoms. The quantitative estimate of drug-likeness (QED) is 0.920. The van der Waals surface area contributed by atoms with E-state index >= 15 is 0 Å². The topological polar surface area (TPSA) is 55.8 Å². The van der Waals surface area contributed by atoms with Crippen molar-refractivity contribution in [3.8, 4) is 0 Å². The van der Waals surface area contributed by atoms with E-state index in [9.17, 15) is 14.3 Å². The molecule has 2 heterocycles. The maximum atomic E-state index is 14.0. The molecule has 112 valence electrons. The monoisotopic (exact) mass is 310 g/mol. The van der Waals surface area contributed by atoms with Crippen molar-refractivity contribution in [2.45, 2.75) is 13.0 Å². The van der Waals surface area contributed by atoms with Crippen molar-refractivity contribution in [2.75, 3.05) is 19.8 Å². The standard InChI is InChI=1S/C15H15FO4S/c16-11-2-1-3-12-13(11)10(14(21-12)15(17)18)8-20-7-9-4-5-19-6-9/h1-3,9H,4-8H2,(H,17,18). The zero-order valence-electron chi connectivity index (χ0n) is 11.3. The molecule has 0 amide bonds. The summed E-state index contributed by atoms with van der Waals surface area (Å²) in [6, 6.07) is 4.65. The van der Waals surface area contributed by atoms with Crippen LogP contribution in [0.25, 0.3) is 10.1 Å². The molecule has 1 N–H and O–H groups in total. The van der Waals surface area contributed by atoms with E-state index in [-0.39, 0.29) is 11.5 Å². The van der Waals surface area contributed by atoms with Gasteiger partial charge in [0.05, 0.1) is 19.8 Å². The Morgan fingerprint density at radius 2 is 2.38 bits per heavy atom. The Morgan fingerprint density at radius 1 is 1.52 bits per heavy atom. The molecule has 3 rings (SSSR count). The summed E-state index contributed by atoms with van der Waals surface area (Å²) in [4.78, 5) is 11.5. The first-order valence-corrected chi connectivity index (χ1v) is 7.57. The minimum atomic E-state index is -1.04. The zero-order chi connectivity index (χ0) is 14.8. The predicted octanol–water partition coefficient (Wildman–Crippen LogP) is 3.29. The van der Waals surface area contributed by atoms with E-state index in [0.717, 1.165) is 24.4 Å². The summed E-state index contributed by atoms with van der Waals surface area (Å²) in [5.74, 6) is -1.11. The summed E-state index contributed by atoms with van der Waals surface area (Å²) in [6.07, 6.45) is 0.949. The van der Waals surface area contributed by atoms with E-state index in [2.05, 4.69) is 0 Å². The highest BCUT2D eigenvalue weighted by Gasteiger charge is 2.21. The molecule has 1 aromatic carbocycles. The maximum Gasteiger partial charge on any atom is 0.346 e. The predicted molar refractivity (Wildman–Crippen MR) is 77.3 cm³/mol. The molecule has 1 unspecified atom stereocenters. The number of carboxylic acid groups (broad SMARTS) is 1. The molecule has 1 saturated heterocycles. The molecule has 6 heteroatoms. The summed E-state index contributed by atoms with van der Waals surface area (Å²) in [6.45, 7) is 2.03. The number of rotatable bonds is 5. The largest absolute Gasteiger partial charge is 0.477 e. The normalized spacial score (nSPS) is 18.4. The van der Waals surface area contributed by atoms with Crippen molar-refractivity contribution in [2.24, 2.45) is 5.92 Å². The van der Waals surface area contributed by atoms with Crippen LogP contribution in [-0.4, -0.2) is 30.9 Å². The lowest BCUT2D eigenvalue weighted by atomic mass is 10.1. The van der Waals surface area contributed by atoms with Gasteiger partial charge in [-0.05, 0) is 18.6 Å². The smallest absolute Gasteiger partial charge is 0.346 e. The van der Waals surface area contributed by atoms with Gasteiger partial charge in [-0.25, -0.2) is 9.18 Å². The molecule has 1 fully saturated rings. The highest BCUT2D eigenvalue weighted by atomic mass is 32.1. The van der Waals surface area contributed by atoms with E-state index < -0.39 is 11.8 Å².